The average Bonchev–Trinajstić information content (AvgIpc) is 2.47. The number of carbonyl (C=O) groups excluding carboxylic acids is 1. The Morgan fingerprint density at radius 2 is 1.80 bits per heavy atom. The van der Waals surface area contributed by atoms with Crippen LogP contribution in [0.25, 0.3) is 0 Å². The Hall–Kier alpha value is -2.69. The van der Waals surface area contributed by atoms with Gasteiger partial charge in [0.05, 0.1) is 17.6 Å². The second-order valence-corrected chi connectivity index (χ2v) is 4.19. The molecule has 0 amide bonds. The summed E-state index contributed by atoms with van der Waals surface area (Å²) in [5, 5.41) is 10.9. The molecule has 0 N–H and O–H groups in total. The Kier molecular flexibility index (Phi) is 4.10. The Bertz CT molecular complexity index is 652. The summed E-state index contributed by atoms with van der Waals surface area (Å²) in [6, 6.07) is 13.1. The molecule has 0 aliphatic heterocycles. The van der Waals surface area contributed by atoms with E-state index in [0.29, 0.717) is 11.3 Å². The minimum Gasteiger partial charge on any atom is -0.496 e. The fourth-order valence-corrected chi connectivity index (χ4v) is 1.99. The van der Waals surface area contributed by atoms with Crippen molar-refractivity contribution in [3.05, 3.63) is 69.8 Å². The van der Waals surface area contributed by atoms with Gasteiger partial charge in [-0.1, -0.05) is 30.3 Å². The van der Waals surface area contributed by atoms with Gasteiger partial charge in [0.15, 0.2) is 5.78 Å². The molecule has 0 atom stereocenters. The van der Waals surface area contributed by atoms with E-state index < -0.39 is 4.92 Å². The van der Waals surface area contributed by atoms with Gasteiger partial charge in [0, 0.05) is 18.1 Å². The molecule has 102 valence electrons. The van der Waals surface area contributed by atoms with Crippen molar-refractivity contribution in [3.8, 4) is 5.75 Å². The molecule has 0 radical (unpaired) electrons. The van der Waals surface area contributed by atoms with Crippen LogP contribution < -0.4 is 4.74 Å². The van der Waals surface area contributed by atoms with Crippen LogP contribution in [0.2, 0.25) is 0 Å². The summed E-state index contributed by atoms with van der Waals surface area (Å²) < 4.78 is 5.17. The van der Waals surface area contributed by atoms with Gasteiger partial charge >= 0.3 is 0 Å². The van der Waals surface area contributed by atoms with E-state index >= 15 is 0 Å². The number of hydrogen-bond acceptors (Lipinski definition) is 4. The second kappa shape index (κ2) is 5.97. The van der Waals surface area contributed by atoms with E-state index in [2.05, 4.69) is 0 Å². The number of benzene rings is 2. The third kappa shape index (κ3) is 2.83. The zero-order valence-corrected chi connectivity index (χ0v) is 10.9. The van der Waals surface area contributed by atoms with Crippen molar-refractivity contribution in [2.24, 2.45) is 0 Å². The lowest BCUT2D eigenvalue weighted by atomic mass is 10.0. The topological polar surface area (TPSA) is 69.4 Å². The van der Waals surface area contributed by atoms with E-state index in [4.69, 9.17) is 4.74 Å². The molecule has 20 heavy (non-hydrogen) atoms. The van der Waals surface area contributed by atoms with Gasteiger partial charge in [0.1, 0.15) is 5.75 Å². The Morgan fingerprint density at radius 1 is 1.15 bits per heavy atom. The summed E-state index contributed by atoms with van der Waals surface area (Å²) in [6.07, 6.45) is 0.0644. The van der Waals surface area contributed by atoms with Crippen LogP contribution in [0.3, 0.4) is 0 Å². The molecule has 0 heterocycles. The van der Waals surface area contributed by atoms with Crippen molar-refractivity contribution in [1.29, 1.82) is 0 Å². The predicted octanol–water partition coefficient (Wildman–Crippen LogP) is 3.03. The standard InChI is InChI=1S/C15H13NO4/c1-20-15-9-5-2-6-11(15)10-14(17)12-7-3-4-8-13(12)16(18)19/h2-9H,10H2,1H3. The van der Waals surface area contributed by atoms with E-state index in [1.807, 2.05) is 0 Å². The highest BCUT2D eigenvalue weighted by Crippen LogP contribution is 2.23. The van der Waals surface area contributed by atoms with E-state index in [1.165, 1.54) is 25.3 Å². The highest BCUT2D eigenvalue weighted by molar-refractivity contribution is 6.01. The quantitative estimate of drug-likeness (QED) is 0.476. The van der Waals surface area contributed by atoms with Crippen molar-refractivity contribution in [1.82, 2.24) is 0 Å². The molecule has 2 rings (SSSR count). The maximum atomic E-state index is 12.2. The number of ether oxygens (including phenoxy) is 1. The molecule has 2 aromatic rings. The zero-order valence-electron chi connectivity index (χ0n) is 10.9. The van der Waals surface area contributed by atoms with Crippen LogP contribution in [-0.2, 0) is 6.42 Å². The van der Waals surface area contributed by atoms with Gasteiger partial charge in [-0.15, -0.1) is 0 Å². The summed E-state index contributed by atoms with van der Waals surface area (Å²) in [5.41, 5.74) is 0.647. The number of nitro groups is 1. The second-order valence-electron chi connectivity index (χ2n) is 4.19. The van der Waals surface area contributed by atoms with Crippen LogP contribution in [0.15, 0.2) is 48.5 Å². The SMILES string of the molecule is COc1ccccc1CC(=O)c1ccccc1[N+](=O)[O-]. The first-order valence-electron chi connectivity index (χ1n) is 6.02. The van der Waals surface area contributed by atoms with Crippen LogP contribution in [0.1, 0.15) is 15.9 Å². The lowest BCUT2D eigenvalue weighted by Crippen LogP contribution is -2.07. The summed E-state index contributed by atoms with van der Waals surface area (Å²) in [4.78, 5) is 22.6. The predicted molar refractivity (Wildman–Crippen MR) is 74.1 cm³/mol. The highest BCUT2D eigenvalue weighted by Gasteiger charge is 2.20. The largest absolute Gasteiger partial charge is 0.496 e. The van der Waals surface area contributed by atoms with Gasteiger partial charge in [-0.3, -0.25) is 14.9 Å². The Morgan fingerprint density at radius 3 is 2.50 bits per heavy atom. The Labute approximate surface area is 116 Å². The molecule has 0 saturated carbocycles. The minimum absolute atomic E-state index is 0.0644. The van der Waals surface area contributed by atoms with Gasteiger partial charge in [-0.2, -0.15) is 0 Å². The number of Topliss-reactive ketones (excluding diaryl/α,β-unsaturated/α-hetero) is 1. The average molecular weight is 271 g/mol. The van der Waals surface area contributed by atoms with Crippen LogP contribution in [0, 0.1) is 10.1 Å². The lowest BCUT2D eigenvalue weighted by Gasteiger charge is -2.07. The highest BCUT2D eigenvalue weighted by atomic mass is 16.6. The smallest absolute Gasteiger partial charge is 0.280 e. The number of hydrogen-bond donors (Lipinski definition) is 0. The van der Waals surface area contributed by atoms with Crippen molar-refractivity contribution in [2.45, 2.75) is 6.42 Å². The fourth-order valence-electron chi connectivity index (χ4n) is 1.99. The number of para-hydroxylation sites is 2. The van der Waals surface area contributed by atoms with E-state index in [0.717, 1.165) is 0 Å². The molecule has 0 aromatic heterocycles. The normalized spacial score (nSPS) is 10.1. The summed E-state index contributed by atoms with van der Waals surface area (Å²) in [6.45, 7) is 0. The van der Waals surface area contributed by atoms with Crippen LogP contribution in [0.4, 0.5) is 5.69 Å². The van der Waals surface area contributed by atoms with Crippen molar-refractivity contribution in [3.63, 3.8) is 0 Å². The Balaban J connectivity index is 2.31. The number of nitrogens with zero attached hydrogens (tertiary/aromatic N) is 1. The molecular weight excluding hydrogens is 258 g/mol. The molecule has 0 spiro atoms. The molecule has 0 saturated heterocycles. The number of ketones is 1. The van der Waals surface area contributed by atoms with Crippen LogP contribution in [-0.4, -0.2) is 17.8 Å². The van der Waals surface area contributed by atoms with Crippen molar-refractivity contribution in [2.75, 3.05) is 7.11 Å². The fraction of sp³-hybridized carbons (Fsp3) is 0.133. The first-order valence-corrected chi connectivity index (χ1v) is 6.02. The van der Waals surface area contributed by atoms with Crippen molar-refractivity contribution >= 4 is 11.5 Å². The number of rotatable bonds is 5. The first-order chi connectivity index (χ1) is 9.63. The maximum Gasteiger partial charge on any atom is 0.280 e. The van der Waals surface area contributed by atoms with E-state index in [1.54, 1.807) is 30.3 Å². The third-order valence-corrected chi connectivity index (χ3v) is 2.94. The zero-order chi connectivity index (χ0) is 14.5. The van der Waals surface area contributed by atoms with Gasteiger partial charge < -0.3 is 4.74 Å². The van der Waals surface area contributed by atoms with E-state index in [9.17, 15) is 14.9 Å². The van der Waals surface area contributed by atoms with Crippen LogP contribution >= 0.6 is 0 Å². The monoisotopic (exact) mass is 271 g/mol. The minimum atomic E-state index is -0.546. The molecular formula is C15H13NO4. The van der Waals surface area contributed by atoms with Gasteiger partial charge in [-0.05, 0) is 12.1 Å². The first kappa shape index (κ1) is 13.7. The molecule has 5 heteroatoms. The van der Waals surface area contributed by atoms with Crippen LogP contribution in [0.5, 0.6) is 5.75 Å². The summed E-state index contributed by atoms with van der Waals surface area (Å²) in [7, 11) is 1.52. The molecule has 0 aliphatic carbocycles. The van der Waals surface area contributed by atoms with Gasteiger partial charge in [-0.25, -0.2) is 0 Å². The molecule has 0 fully saturated rings. The van der Waals surface area contributed by atoms with Crippen molar-refractivity contribution < 1.29 is 14.5 Å². The lowest BCUT2D eigenvalue weighted by molar-refractivity contribution is -0.385. The maximum absolute atomic E-state index is 12.2. The summed E-state index contributed by atoms with van der Waals surface area (Å²) in [5.74, 6) is 0.293. The molecule has 0 bridgehead atoms. The third-order valence-electron chi connectivity index (χ3n) is 2.94. The number of methoxy groups -OCH3 is 1. The van der Waals surface area contributed by atoms with E-state index in [-0.39, 0.29) is 23.5 Å². The molecule has 5 nitrogen and oxygen atoms in total. The van der Waals surface area contributed by atoms with Gasteiger partial charge in [0.25, 0.3) is 5.69 Å². The molecule has 0 aliphatic rings. The molecule has 0 unspecified atom stereocenters. The number of nitro benzene ring substituents is 1. The summed E-state index contributed by atoms with van der Waals surface area (Å²) >= 11 is 0. The van der Waals surface area contributed by atoms with Gasteiger partial charge in [0.2, 0.25) is 0 Å². The number of carbonyl (C=O) groups is 1. The molecule has 2 aromatic carbocycles.